The number of aliphatic carboxylic acids is 1. The Labute approximate surface area is 210 Å². The number of oxime groups is 1. The Bertz CT molecular complexity index is 1410. The number of thiazole rings is 1. The minimum atomic E-state index is -1.42. The molecule has 5 heterocycles. The SMILES string of the molecule is CON=C(C(=O)NC1C(=O)N2C(C(=O)[O-])=C(Cc3cc[nH+]c4cscc34)CS[C@H]12)c1csc(N)n1. The van der Waals surface area contributed by atoms with E-state index < -0.39 is 29.2 Å². The highest BCUT2D eigenvalue weighted by Gasteiger charge is 2.53. The number of nitrogen functional groups attached to an aromatic ring is 1. The molecule has 2 amide bonds. The molecule has 11 nitrogen and oxygen atoms in total. The minimum absolute atomic E-state index is 0.135. The second kappa shape index (κ2) is 9.28. The summed E-state index contributed by atoms with van der Waals surface area (Å²) in [6, 6.07) is 0.963. The molecule has 2 atom stereocenters. The number of pyridine rings is 1. The van der Waals surface area contributed by atoms with E-state index in [0.717, 1.165) is 27.8 Å². The number of anilines is 1. The van der Waals surface area contributed by atoms with Crippen molar-refractivity contribution in [1.29, 1.82) is 0 Å². The van der Waals surface area contributed by atoms with Crippen LogP contribution in [0.5, 0.6) is 0 Å². The molecule has 0 saturated carbocycles. The molecule has 0 aromatic carbocycles. The van der Waals surface area contributed by atoms with Gasteiger partial charge in [0.25, 0.3) is 11.8 Å². The summed E-state index contributed by atoms with van der Waals surface area (Å²) >= 11 is 4.05. The van der Waals surface area contributed by atoms with E-state index in [9.17, 15) is 19.5 Å². The van der Waals surface area contributed by atoms with Gasteiger partial charge in [0.2, 0.25) is 5.52 Å². The molecule has 4 N–H and O–H groups in total. The summed E-state index contributed by atoms with van der Waals surface area (Å²) in [6.07, 6.45) is 2.17. The van der Waals surface area contributed by atoms with Crippen molar-refractivity contribution in [2.45, 2.75) is 17.8 Å². The summed E-state index contributed by atoms with van der Waals surface area (Å²) in [5, 5.41) is 24.6. The molecule has 3 aromatic heterocycles. The van der Waals surface area contributed by atoms with E-state index in [1.54, 1.807) is 22.9 Å². The van der Waals surface area contributed by atoms with Gasteiger partial charge >= 0.3 is 0 Å². The molecule has 1 fully saturated rings. The standard InChI is InChI=1S/C21H18N6O5S3/c1-32-26-14(13-8-35-21(22)24-13)17(28)25-15-18(29)27-16(20(30)31)10(5-34-19(15)27)4-9-2-3-23-12-7-33-6-11(9)12/h2-3,6-8,15,19H,4-5H2,1H3,(H2,22,24)(H,25,28)(H,30,31)/t15?,19-/m1/s1. The molecule has 0 radical (unpaired) electrons. The second-order valence-electron chi connectivity index (χ2n) is 7.67. The zero-order valence-electron chi connectivity index (χ0n) is 18.1. The number of carboxylic acid groups (broad SMARTS) is 1. The number of carbonyl (C=O) groups excluding carboxylic acids is 3. The Hall–Kier alpha value is -3.49. The van der Waals surface area contributed by atoms with Crippen LogP contribution >= 0.6 is 34.4 Å². The fraction of sp³-hybridized carbons (Fsp3) is 0.238. The molecule has 5 rings (SSSR count). The summed E-state index contributed by atoms with van der Waals surface area (Å²) in [6.45, 7) is 0. The Kier molecular flexibility index (Phi) is 6.17. The number of nitrogens with two attached hydrogens (primary N) is 1. The van der Waals surface area contributed by atoms with Crippen LogP contribution in [0, 0.1) is 0 Å². The Morgan fingerprint density at radius 3 is 2.94 bits per heavy atom. The molecular formula is C21H18N6O5S3. The number of thioether (sulfide) groups is 1. The summed E-state index contributed by atoms with van der Waals surface area (Å²) in [7, 11) is 1.28. The Balaban J connectivity index is 1.38. The number of carbonyl (C=O) groups is 3. The Morgan fingerprint density at radius 2 is 2.23 bits per heavy atom. The average Bonchev–Trinajstić information content (AvgIpc) is 3.49. The van der Waals surface area contributed by atoms with E-state index in [-0.39, 0.29) is 22.2 Å². The van der Waals surface area contributed by atoms with Crippen molar-refractivity contribution in [3.8, 4) is 0 Å². The first kappa shape index (κ1) is 23.3. The lowest BCUT2D eigenvalue weighted by atomic mass is 9.98. The maximum absolute atomic E-state index is 13.0. The van der Waals surface area contributed by atoms with Gasteiger partial charge in [-0.1, -0.05) is 5.16 Å². The molecule has 180 valence electrons. The predicted octanol–water partition coefficient (Wildman–Crippen LogP) is -0.249. The number of hydrogen-bond donors (Lipinski definition) is 2. The number of H-pyrrole nitrogens is 1. The van der Waals surface area contributed by atoms with Crippen molar-refractivity contribution in [2.24, 2.45) is 5.16 Å². The first-order chi connectivity index (χ1) is 16.9. The van der Waals surface area contributed by atoms with Crippen LogP contribution in [-0.2, 0) is 25.6 Å². The number of carboxylic acids is 1. The molecule has 0 spiro atoms. The van der Waals surface area contributed by atoms with Crippen LogP contribution in [0.2, 0.25) is 0 Å². The van der Waals surface area contributed by atoms with E-state index in [4.69, 9.17) is 10.6 Å². The molecule has 2 aliphatic heterocycles. The summed E-state index contributed by atoms with van der Waals surface area (Å²) in [5.74, 6) is -2.27. The predicted molar refractivity (Wildman–Crippen MR) is 129 cm³/mol. The van der Waals surface area contributed by atoms with Crippen molar-refractivity contribution < 1.29 is 29.3 Å². The zero-order chi connectivity index (χ0) is 24.7. The molecule has 0 bridgehead atoms. The topological polar surface area (TPSA) is 164 Å². The smallest absolute Gasteiger partial charge is 0.276 e. The molecule has 35 heavy (non-hydrogen) atoms. The monoisotopic (exact) mass is 530 g/mol. The normalized spacial score (nSPS) is 20.0. The summed E-state index contributed by atoms with van der Waals surface area (Å²) in [5.41, 5.74) is 8.08. The third kappa shape index (κ3) is 4.13. The van der Waals surface area contributed by atoms with E-state index in [1.165, 1.54) is 23.8 Å². The maximum Gasteiger partial charge on any atom is 0.276 e. The maximum atomic E-state index is 13.0. The van der Waals surface area contributed by atoms with Crippen LogP contribution in [0.25, 0.3) is 10.9 Å². The van der Waals surface area contributed by atoms with Crippen LogP contribution < -0.4 is 21.1 Å². The van der Waals surface area contributed by atoms with Gasteiger partial charge in [-0.05, 0) is 17.6 Å². The van der Waals surface area contributed by atoms with E-state index >= 15 is 0 Å². The van der Waals surface area contributed by atoms with Gasteiger partial charge in [-0.3, -0.25) is 14.5 Å². The number of β-lactam (4-membered cyclic amide) rings is 1. The average molecular weight is 531 g/mol. The number of rotatable bonds is 7. The molecule has 2 aliphatic rings. The highest BCUT2D eigenvalue weighted by atomic mass is 32.2. The van der Waals surface area contributed by atoms with Crippen molar-refractivity contribution in [1.82, 2.24) is 15.2 Å². The molecule has 3 aromatic rings. The van der Waals surface area contributed by atoms with E-state index in [1.807, 2.05) is 16.8 Å². The van der Waals surface area contributed by atoms with Gasteiger partial charge in [-0.15, -0.1) is 34.4 Å². The summed E-state index contributed by atoms with van der Waals surface area (Å²) in [4.78, 5) is 51.1. The van der Waals surface area contributed by atoms with Crippen molar-refractivity contribution in [3.63, 3.8) is 0 Å². The Morgan fingerprint density at radius 1 is 1.40 bits per heavy atom. The fourth-order valence-corrected chi connectivity index (χ4v) is 6.78. The van der Waals surface area contributed by atoms with E-state index in [0.29, 0.717) is 17.7 Å². The van der Waals surface area contributed by atoms with Gasteiger partial charge in [0, 0.05) is 22.6 Å². The van der Waals surface area contributed by atoms with Crippen molar-refractivity contribution in [3.05, 3.63) is 50.9 Å². The van der Waals surface area contributed by atoms with Gasteiger partial charge in [0.05, 0.1) is 22.4 Å². The zero-order valence-corrected chi connectivity index (χ0v) is 20.6. The first-order valence-electron chi connectivity index (χ1n) is 10.3. The third-order valence-corrected chi connectivity index (χ3v) is 8.38. The number of nitrogens with one attached hydrogen (secondary N) is 2. The van der Waals surface area contributed by atoms with Crippen LogP contribution in [0.4, 0.5) is 5.13 Å². The first-order valence-corrected chi connectivity index (χ1v) is 13.1. The fourth-order valence-electron chi connectivity index (χ4n) is 4.07. The van der Waals surface area contributed by atoms with Crippen LogP contribution in [0.15, 0.2) is 44.8 Å². The van der Waals surface area contributed by atoms with Gasteiger partial charge in [0.1, 0.15) is 24.2 Å². The molecule has 1 saturated heterocycles. The van der Waals surface area contributed by atoms with Gasteiger partial charge in [-0.2, -0.15) is 0 Å². The van der Waals surface area contributed by atoms with Gasteiger partial charge in [0.15, 0.2) is 17.0 Å². The second-order valence-corrected chi connectivity index (χ2v) is 10.4. The van der Waals surface area contributed by atoms with Crippen LogP contribution in [-0.4, -0.2) is 57.7 Å². The van der Waals surface area contributed by atoms with Crippen LogP contribution in [0.1, 0.15) is 11.3 Å². The van der Waals surface area contributed by atoms with Crippen molar-refractivity contribution in [2.75, 3.05) is 18.6 Å². The van der Waals surface area contributed by atoms with Gasteiger partial charge in [-0.25, -0.2) is 9.97 Å². The van der Waals surface area contributed by atoms with Crippen LogP contribution in [0.3, 0.4) is 0 Å². The number of hydrogen-bond acceptors (Lipinski definition) is 11. The lowest BCUT2D eigenvalue weighted by molar-refractivity contribution is -0.344. The lowest BCUT2D eigenvalue weighted by Gasteiger charge is -2.50. The number of nitrogens with zero attached hydrogens (tertiary/aromatic N) is 3. The number of fused-ring (bicyclic) bond motifs is 2. The quantitative estimate of drug-likeness (QED) is 0.240. The van der Waals surface area contributed by atoms with E-state index in [2.05, 4.69) is 20.4 Å². The number of aromatic amines is 1. The van der Waals surface area contributed by atoms with Crippen molar-refractivity contribution >= 4 is 74.0 Å². The molecule has 0 aliphatic carbocycles. The molecule has 1 unspecified atom stereocenters. The number of aromatic nitrogens is 2. The van der Waals surface area contributed by atoms with Gasteiger partial charge < -0.3 is 25.8 Å². The third-order valence-electron chi connectivity index (χ3n) is 5.62. The number of amides is 2. The lowest BCUT2D eigenvalue weighted by Crippen LogP contribution is -2.71. The highest BCUT2D eigenvalue weighted by molar-refractivity contribution is 8.00. The number of thiophene rings is 1. The molecule has 14 heteroatoms. The largest absolute Gasteiger partial charge is 0.543 e. The molecular weight excluding hydrogens is 512 g/mol. The summed E-state index contributed by atoms with van der Waals surface area (Å²) < 4.78 is 0. The highest BCUT2D eigenvalue weighted by Crippen LogP contribution is 2.41. The minimum Gasteiger partial charge on any atom is -0.543 e.